The van der Waals surface area contributed by atoms with E-state index in [0.717, 1.165) is 39.6 Å². The summed E-state index contributed by atoms with van der Waals surface area (Å²) in [6.07, 6.45) is 18.5. The zero-order chi connectivity index (χ0) is 34.6. The first-order valence-corrected chi connectivity index (χ1v) is 16.8. The van der Waals surface area contributed by atoms with Gasteiger partial charge in [-0.05, 0) is 66.6 Å². The lowest BCUT2D eigenvalue weighted by Crippen LogP contribution is -2.31. The van der Waals surface area contributed by atoms with E-state index in [9.17, 15) is 0 Å². The summed E-state index contributed by atoms with van der Waals surface area (Å²) in [6, 6.07) is 50.7. The highest BCUT2D eigenvalue weighted by Crippen LogP contribution is 2.27. The van der Waals surface area contributed by atoms with Crippen LogP contribution >= 0.6 is 0 Å². The second kappa shape index (κ2) is 19.4. The standard InChI is InChI=1S/C45H43N5/c1-3-21-44(48-41-28-13-6-14-29-41)45(50(43-32-17-8-18-33-43)47-37-20-27-40-24-11-5-12-25-40)35-34-38(2)49(42-30-15-7-16-31-42)46-36-19-26-39-22-9-4-10-23-39/h3-33,35-37,44,48H,2,34H2,1H3/b21-3-,26-19+,27-20+,45-35+,46-36+,47-37+. The van der Waals surface area contributed by atoms with Gasteiger partial charge in [0.15, 0.2) is 0 Å². The molecule has 0 saturated heterocycles. The van der Waals surface area contributed by atoms with Crippen molar-refractivity contribution in [2.75, 3.05) is 15.3 Å². The van der Waals surface area contributed by atoms with Crippen molar-refractivity contribution in [2.45, 2.75) is 19.4 Å². The van der Waals surface area contributed by atoms with Crippen LogP contribution in [0.3, 0.4) is 0 Å². The average Bonchev–Trinajstić information content (AvgIpc) is 3.17. The first kappa shape index (κ1) is 34.9. The van der Waals surface area contributed by atoms with Crippen molar-refractivity contribution in [3.05, 3.63) is 211 Å². The fourth-order valence-corrected chi connectivity index (χ4v) is 5.18. The predicted molar refractivity (Wildman–Crippen MR) is 216 cm³/mol. The van der Waals surface area contributed by atoms with E-state index in [1.165, 1.54) is 0 Å². The molecule has 248 valence electrons. The molecule has 0 radical (unpaired) electrons. The van der Waals surface area contributed by atoms with Gasteiger partial charge in [-0.2, -0.15) is 10.2 Å². The lowest BCUT2D eigenvalue weighted by Gasteiger charge is -2.29. The van der Waals surface area contributed by atoms with Crippen molar-refractivity contribution in [1.29, 1.82) is 0 Å². The first-order valence-electron chi connectivity index (χ1n) is 16.8. The van der Waals surface area contributed by atoms with E-state index in [4.69, 9.17) is 10.2 Å². The summed E-state index contributed by atoms with van der Waals surface area (Å²) >= 11 is 0. The minimum Gasteiger partial charge on any atom is -0.373 e. The fraction of sp³-hybridized carbons (Fsp3) is 0.0667. The van der Waals surface area contributed by atoms with Crippen LogP contribution < -0.4 is 15.3 Å². The summed E-state index contributed by atoms with van der Waals surface area (Å²) in [5.74, 6) is 0. The van der Waals surface area contributed by atoms with E-state index in [2.05, 4.69) is 78.7 Å². The maximum atomic E-state index is 5.02. The molecule has 5 heteroatoms. The highest BCUT2D eigenvalue weighted by atomic mass is 15.5. The molecule has 5 nitrogen and oxygen atoms in total. The molecule has 0 bridgehead atoms. The van der Waals surface area contributed by atoms with Crippen molar-refractivity contribution >= 4 is 41.6 Å². The van der Waals surface area contributed by atoms with Crippen molar-refractivity contribution in [3.63, 3.8) is 0 Å². The third kappa shape index (κ3) is 10.8. The number of allylic oxidation sites excluding steroid dienone is 4. The summed E-state index contributed by atoms with van der Waals surface area (Å²) in [7, 11) is 0. The lowest BCUT2D eigenvalue weighted by atomic mass is 10.1. The number of anilines is 3. The molecule has 1 atom stereocenters. The van der Waals surface area contributed by atoms with Crippen molar-refractivity contribution in [2.24, 2.45) is 10.2 Å². The molecule has 0 aliphatic heterocycles. The van der Waals surface area contributed by atoms with E-state index in [0.29, 0.717) is 6.42 Å². The van der Waals surface area contributed by atoms with Gasteiger partial charge in [-0.15, -0.1) is 0 Å². The number of hydrazone groups is 2. The van der Waals surface area contributed by atoms with Gasteiger partial charge in [-0.1, -0.05) is 152 Å². The highest BCUT2D eigenvalue weighted by molar-refractivity contribution is 5.80. The number of benzene rings is 5. The number of hydrogen-bond acceptors (Lipinski definition) is 5. The zero-order valence-electron chi connectivity index (χ0n) is 28.4. The first-order chi connectivity index (χ1) is 24.7. The van der Waals surface area contributed by atoms with Gasteiger partial charge in [-0.3, -0.25) is 0 Å². The highest BCUT2D eigenvalue weighted by Gasteiger charge is 2.20. The Balaban J connectivity index is 1.51. The van der Waals surface area contributed by atoms with Crippen LogP contribution in [0.25, 0.3) is 12.2 Å². The van der Waals surface area contributed by atoms with E-state index in [-0.39, 0.29) is 6.04 Å². The van der Waals surface area contributed by atoms with Crippen LogP contribution in [-0.4, -0.2) is 18.5 Å². The minimum atomic E-state index is -0.215. The molecule has 0 spiro atoms. The second-order valence-corrected chi connectivity index (χ2v) is 11.3. The van der Waals surface area contributed by atoms with Crippen LogP contribution in [0.15, 0.2) is 210 Å². The molecular formula is C45H43N5. The Morgan fingerprint density at radius 1 is 0.620 bits per heavy atom. The summed E-state index contributed by atoms with van der Waals surface area (Å²) in [5.41, 5.74) is 6.81. The van der Waals surface area contributed by atoms with Gasteiger partial charge in [0.1, 0.15) is 0 Å². The zero-order valence-corrected chi connectivity index (χ0v) is 28.4. The van der Waals surface area contributed by atoms with Crippen LogP contribution in [0.2, 0.25) is 0 Å². The molecule has 0 aromatic heterocycles. The molecule has 5 aromatic rings. The van der Waals surface area contributed by atoms with Gasteiger partial charge < -0.3 is 5.32 Å². The smallest absolute Gasteiger partial charge is 0.0867 e. The van der Waals surface area contributed by atoms with Gasteiger partial charge >= 0.3 is 0 Å². The third-order valence-electron chi connectivity index (χ3n) is 7.60. The molecule has 1 unspecified atom stereocenters. The lowest BCUT2D eigenvalue weighted by molar-refractivity contribution is 0.870. The van der Waals surface area contributed by atoms with Crippen LogP contribution in [-0.2, 0) is 0 Å². The van der Waals surface area contributed by atoms with Gasteiger partial charge in [0, 0.05) is 30.2 Å². The van der Waals surface area contributed by atoms with Crippen molar-refractivity contribution in [1.82, 2.24) is 0 Å². The van der Waals surface area contributed by atoms with E-state index in [1.807, 2.05) is 151 Å². The Hall–Kier alpha value is -6.46. The van der Waals surface area contributed by atoms with Crippen LogP contribution in [0.1, 0.15) is 24.5 Å². The molecule has 0 saturated carbocycles. The Kier molecular flexibility index (Phi) is 13.5. The number of hydrogen-bond donors (Lipinski definition) is 1. The molecule has 5 aromatic carbocycles. The largest absolute Gasteiger partial charge is 0.373 e. The molecule has 5 rings (SSSR count). The molecule has 0 amide bonds. The Bertz CT molecular complexity index is 1910. The molecule has 0 fully saturated rings. The van der Waals surface area contributed by atoms with E-state index < -0.39 is 0 Å². The molecule has 0 aliphatic carbocycles. The van der Waals surface area contributed by atoms with Gasteiger partial charge in [-0.25, -0.2) is 10.0 Å². The topological polar surface area (TPSA) is 43.2 Å². The molecular weight excluding hydrogens is 611 g/mol. The van der Waals surface area contributed by atoms with E-state index in [1.54, 1.807) is 6.21 Å². The second-order valence-electron chi connectivity index (χ2n) is 11.3. The van der Waals surface area contributed by atoms with Crippen molar-refractivity contribution in [3.8, 4) is 0 Å². The Morgan fingerprint density at radius 3 is 1.56 bits per heavy atom. The van der Waals surface area contributed by atoms with Crippen LogP contribution in [0.4, 0.5) is 17.1 Å². The summed E-state index contributed by atoms with van der Waals surface area (Å²) in [5, 5.41) is 17.5. The Morgan fingerprint density at radius 2 is 1.06 bits per heavy atom. The average molecular weight is 654 g/mol. The SMILES string of the molecule is C=C(C/C=C(\C(/C=C\C)Nc1ccccc1)N(/N=C/C=C/c1ccccc1)c1ccccc1)N(/N=C/C=C/c1ccccc1)c1ccccc1. The van der Waals surface area contributed by atoms with Crippen LogP contribution in [0.5, 0.6) is 0 Å². The number of nitrogens with zero attached hydrogens (tertiary/aromatic N) is 4. The third-order valence-corrected chi connectivity index (χ3v) is 7.60. The fourth-order valence-electron chi connectivity index (χ4n) is 5.18. The monoisotopic (exact) mass is 653 g/mol. The summed E-state index contributed by atoms with van der Waals surface area (Å²) in [6.45, 7) is 6.54. The minimum absolute atomic E-state index is 0.215. The molecule has 0 aliphatic rings. The number of nitrogens with one attached hydrogen (secondary N) is 1. The van der Waals surface area contributed by atoms with Gasteiger partial charge in [0.2, 0.25) is 0 Å². The molecule has 0 heterocycles. The number of rotatable bonds is 16. The van der Waals surface area contributed by atoms with Crippen LogP contribution in [0, 0.1) is 0 Å². The Labute approximate surface area is 296 Å². The van der Waals surface area contributed by atoms with Gasteiger partial charge in [0.25, 0.3) is 0 Å². The van der Waals surface area contributed by atoms with Gasteiger partial charge in [0.05, 0.1) is 23.1 Å². The van der Waals surface area contributed by atoms with E-state index >= 15 is 0 Å². The quantitative estimate of drug-likeness (QED) is 0.0655. The number of para-hydroxylation sites is 3. The molecule has 1 N–H and O–H groups in total. The maximum absolute atomic E-state index is 5.02. The summed E-state index contributed by atoms with van der Waals surface area (Å²) in [4.78, 5) is 0. The van der Waals surface area contributed by atoms with Crippen molar-refractivity contribution < 1.29 is 0 Å². The molecule has 50 heavy (non-hydrogen) atoms. The predicted octanol–water partition coefficient (Wildman–Crippen LogP) is 11.2. The summed E-state index contributed by atoms with van der Waals surface area (Å²) < 4.78 is 0. The normalized spacial score (nSPS) is 12.7. The maximum Gasteiger partial charge on any atom is 0.0867 e.